The van der Waals surface area contributed by atoms with Crippen molar-refractivity contribution in [2.75, 3.05) is 11.9 Å². The second-order valence-corrected chi connectivity index (χ2v) is 5.33. The molecule has 1 N–H and O–H groups in total. The predicted molar refractivity (Wildman–Crippen MR) is 80.6 cm³/mol. The lowest BCUT2D eigenvalue weighted by molar-refractivity contribution is 0.00926. The van der Waals surface area contributed by atoms with Crippen LogP contribution in [0.25, 0.3) is 10.8 Å². The van der Waals surface area contributed by atoms with E-state index in [0.717, 1.165) is 25.9 Å². The summed E-state index contributed by atoms with van der Waals surface area (Å²) in [6.07, 6.45) is 3.74. The lowest BCUT2D eigenvalue weighted by atomic mass is 10.0. The third-order valence-corrected chi connectivity index (χ3v) is 3.94. The highest BCUT2D eigenvalue weighted by Gasteiger charge is 2.20. The second kappa shape index (κ2) is 5.62. The number of hydrogen-bond acceptors (Lipinski definition) is 2. The summed E-state index contributed by atoms with van der Waals surface area (Å²) in [6.45, 7) is 3.08. The molecule has 0 aliphatic carbocycles. The van der Waals surface area contributed by atoms with Gasteiger partial charge in [0.25, 0.3) is 0 Å². The molecule has 2 unspecified atom stereocenters. The zero-order chi connectivity index (χ0) is 13.1. The van der Waals surface area contributed by atoms with Crippen LogP contribution < -0.4 is 5.32 Å². The Hall–Kier alpha value is -1.54. The van der Waals surface area contributed by atoms with Crippen LogP contribution in [0, 0.1) is 0 Å². The first-order valence-corrected chi connectivity index (χ1v) is 7.22. The largest absolute Gasteiger partial charge is 0.382 e. The first-order chi connectivity index (χ1) is 9.35. The fourth-order valence-corrected chi connectivity index (χ4v) is 2.81. The third kappa shape index (κ3) is 2.90. The van der Waals surface area contributed by atoms with Crippen molar-refractivity contribution in [1.29, 1.82) is 0 Å². The van der Waals surface area contributed by atoms with Gasteiger partial charge in [-0.25, -0.2) is 0 Å². The van der Waals surface area contributed by atoms with Crippen LogP contribution in [0.3, 0.4) is 0 Å². The fourth-order valence-electron chi connectivity index (χ4n) is 2.81. The number of rotatable bonds is 3. The molecule has 2 aromatic carbocycles. The van der Waals surface area contributed by atoms with E-state index in [1.165, 1.54) is 16.5 Å². The quantitative estimate of drug-likeness (QED) is 0.887. The maximum atomic E-state index is 5.73. The highest BCUT2D eigenvalue weighted by atomic mass is 16.5. The van der Waals surface area contributed by atoms with Crippen LogP contribution >= 0.6 is 0 Å². The molecule has 0 bridgehead atoms. The highest BCUT2D eigenvalue weighted by Crippen LogP contribution is 2.23. The molecule has 0 amide bonds. The van der Waals surface area contributed by atoms with Crippen LogP contribution in [0.4, 0.5) is 5.69 Å². The van der Waals surface area contributed by atoms with E-state index >= 15 is 0 Å². The average Bonchev–Trinajstić information content (AvgIpc) is 2.47. The molecule has 19 heavy (non-hydrogen) atoms. The summed E-state index contributed by atoms with van der Waals surface area (Å²) < 4.78 is 5.73. The number of ether oxygens (including phenoxy) is 1. The Balaban J connectivity index is 1.74. The molecule has 0 spiro atoms. The van der Waals surface area contributed by atoms with Gasteiger partial charge in [-0.05, 0) is 42.2 Å². The Morgan fingerprint density at radius 1 is 1.16 bits per heavy atom. The van der Waals surface area contributed by atoms with E-state index in [1.807, 2.05) is 0 Å². The molecule has 2 aromatic rings. The Labute approximate surface area is 114 Å². The minimum Gasteiger partial charge on any atom is -0.382 e. The molecule has 0 radical (unpaired) electrons. The van der Waals surface area contributed by atoms with E-state index in [2.05, 4.69) is 54.7 Å². The van der Waals surface area contributed by atoms with Crippen molar-refractivity contribution in [1.82, 2.24) is 0 Å². The van der Waals surface area contributed by atoms with Crippen molar-refractivity contribution >= 4 is 16.5 Å². The Morgan fingerprint density at radius 3 is 2.84 bits per heavy atom. The van der Waals surface area contributed by atoms with E-state index in [9.17, 15) is 0 Å². The van der Waals surface area contributed by atoms with Gasteiger partial charge in [0.05, 0.1) is 6.10 Å². The number of nitrogens with one attached hydrogen (secondary N) is 1. The molecule has 1 aliphatic rings. The summed E-state index contributed by atoms with van der Waals surface area (Å²) in [4.78, 5) is 0. The van der Waals surface area contributed by atoms with Gasteiger partial charge in [0.2, 0.25) is 0 Å². The summed E-state index contributed by atoms with van der Waals surface area (Å²) in [5.74, 6) is 0. The molecule has 2 nitrogen and oxygen atoms in total. The molecular weight excluding hydrogens is 234 g/mol. The van der Waals surface area contributed by atoms with Gasteiger partial charge in [0.15, 0.2) is 0 Å². The fraction of sp³-hybridized carbons (Fsp3) is 0.412. The topological polar surface area (TPSA) is 21.3 Å². The molecule has 3 rings (SSSR count). The van der Waals surface area contributed by atoms with Gasteiger partial charge in [0.1, 0.15) is 0 Å². The highest BCUT2D eigenvalue weighted by molar-refractivity contribution is 5.85. The maximum Gasteiger partial charge on any atom is 0.0592 e. The van der Waals surface area contributed by atoms with Crippen LogP contribution in [0.5, 0.6) is 0 Å². The lowest BCUT2D eigenvalue weighted by Crippen LogP contribution is -2.33. The van der Waals surface area contributed by atoms with E-state index < -0.39 is 0 Å². The van der Waals surface area contributed by atoms with Crippen molar-refractivity contribution in [2.45, 2.75) is 38.3 Å². The van der Waals surface area contributed by atoms with Crippen LogP contribution in [0.1, 0.15) is 26.2 Å². The van der Waals surface area contributed by atoms with Crippen LogP contribution in [0.2, 0.25) is 0 Å². The van der Waals surface area contributed by atoms with E-state index in [0.29, 0.717) is 12.1 Å². The number of benzene rings is 2. The number of anilines is 1. The minimum atomic E-state index is 0.423. The van der Waals surface area contributed by atoms with Crippen LogP contribution in [-0.4, -0.2) is 18.8 Å². The van der Waals surface area contributed by atoms with Gasteiger partial charge < -0.3 is 10.1 Å². The van der Waals surface area contributed by atoms with Crippen molar-refractivity contribution in [3.05, 3.63) is 42.5 Å². The summed E-state index contributed by atoms with van der Waals surface area (Å²) in [5, 5.41) is 6.25. The molecule has 0 saturated carbocycles. The molecule has 1 heterocycles. The third-order valence-electron chi connectivity index (χ3n) is 3.94. The van der Waals surface area contributed by atoms with Crippen LogP contribution in [-0.2, 0) is 4.74 Å². The molecule has 2 heteroatoms. The summed E-state index contributed by atoms with van der Waals surface area (Å²) in [6, 6.07) is 15.6. The number of hydrogen-bond donors (Lipinski definition) is 1. The van der Waals surface area contributed by atoms with Crippen molar-refractivity contribution in [3.8, 4) is 0 Å². The van der Waals surface area contributed by atoms with Gasteiger partial charge in [0, 0.05) is 18.3 Å². The zero-order valence-corrected chi connectivity index (χ0v) is 11.4. The standard InChI is InChI=1S/C17H21NO/c1-2-17-12-16(9-10-19-17)18-15-8-7-13-5-3-4-6-14(13)11-15/h3-8,11,16-18H,2,9-10,12H2,1H3. The molecule has 1 fully saturated rings. The summed E-state index contributed by atoms with van der Waals surface area (Å²) in [5.41, 5.74) is 1.22. The molecule has 0 aromatic heterocycles. The molecule has 2 atom stereocenters. The monoisotopic (exact) mass is 255 g/mol. The predicted octanol–water partition coefficient (Wildman–Crippen LogP) is 4.21. The van der Waals surface area contributed by atoms with Gasteiger partial charge in [-0.1, -0.05) is 37.3 Å². The maximum absolute atomic E-state index is 5.73. The molecule has 1 aliphatic heterocycles. The number of fused-ring (bicyclic) bond motifs is 1. The van der Waals surface area contributed by atoms with E-state index in [1.54, 1.807) is 0 Å². The van der Waals surface area contributed by atoms with Crippen LogP contribution in [0.15, 0.2) is 42.5 Å². The molecule has 100 valence electrons. The van der Waals surface area contributed by atoms with Crippen molar-refractivity contribution in [3.63, 3.8) is 0 Å². The summed E-state index contributed by atoms with van der Waals surface area (Å²) >= 11 is 0. The smallest absolute Gasteiger partial charge is 0.0592 e. The van der Waals surface area contributed by atoms with E-state index in [-0.39, 0.29) is 0 Å². The van der Waals surface area contributed by atoms with Crippen molar-refractivity contribution < 1.29 is 4.74 Å². The van der Waals surface area contributed by atoms with Gasteiger partial charge in [-0.3, -0.25) is 0 Å². The Bertz CT molecular complexity index is 552. The van der Waals surface area contributed by atoms with E-state index in [4.69, 9.17) is 4.74 Å². The SMILES string of the molecule is CCC1CC(Nc2ccc3ccccc3c2)CCO1. The summed E-state index contributed by atoms with van der Waals surface area (Å²) in [7, 11) is 0. The Kier molecular flexibility index (Phi) is 3.69. The van der Waals surface area contributed by atoms with Gasteiger partial charge in [-0.15, -0.1) is 0 Å². The minimum absolute atomic E-state index is 0.423. The van der Waals surface area contributed by atoms with Gasteiger partial charge >= 0.3 is 0 Å². The molecular formula is C17H21NO. The second-order valence-electron chi connectivity index (χ2n) is 5.33. The van der Waals surface area contributed by atoms with Gasteiger partial charge in [-0.2, -0.15) is 0 Å². The molecule has 1 saturated heterocycles. The average molecular weight is 255 g/mol. The zero-order valence-electron chi connectivity index (χ0n) is 11.4. The first kappa shape index (κ1) is 12.5. The first-order valence-electron chi connectivity index (χ1n) is 7.22. The normalized spacial score (nSPS) is 23.4. The van der Waals surface area contributed by atoms with Crippen molar-refractivity contribution in [2.24, 2.45) is 0 Å². The lowest BCUT2D eigenvalue weighted by Gasteiger charge is -2.30. The Morgan fingerprint density at radius 2 is 2.00 bits per heavy atom.